The minimum Gasteiger partial charge on any atom is -0.395 e. The Kier molecular flexibility index (Phi) is 4.04. The number of nitrogens with two attached hydrogens (primary N) is 3. The highest BCUT2D eigenvalue weighted by Gasteiger charge is 2.32. The van der Waals surface area contributed by atoms with E-state index < -0.39 is 12.3 Å². The van der Waals surface area contributed by atoms with Gasteiger partial charge in [-0.05, 0) is 12.8 Å². The summed E-state index contributed by atoms with van der Waals surface area (Å²) < 4.78 is 5.34. The lowest BCUT2D eigenvalue weighted by Gasteiger charge is -2.35. The smallest absolute Gasteiger partial charge is 0.192 e. The molecule has 0 aromatic rings. The van der Waals surface area contributed by atoms with Crippen LogP contribution in [-0.2, 0) is 9.57 Å². The average molecular weight is 191 g/mol. The maximum Gasteiger partial charge on any atom is 0.192 e. The number of hydrogen-bond acceptors (Lipinski definition) is 6. The van der Waals surface area contributed by atoms with Crippen molar-refractivity contribution in [1.29, 1.82) is 0 Å². The summed E-state index contributed by atoms with van der Waals surface area (Å²) in [5.41, 5.74) is 11.3. The fourth-order valence-corrected chi connectivity index (χ4v) is 1.40. The molecule has 1 aliphatic heterocycles. The van der Waals surface area contributed by atoms with Gasteiger partial charge in [0.05, 0.1) is 24.8 Å². The molecule has 13 heavy (non-hydrogen) atoms. The minimum absolute atomic E-state index is 0.114. The number of ether oxygens (including phenoxy) is 1. The fraction of sp³-hybridized carbons (Fsp3) is 1.00. The Labute approximate surface area is 76.9 Å². The first-order chi connectivity index (χ1) is 6.19. The van der Waals surface area contributed by atoms with E-state index in [0.29, 0.717) is 0 Å². The van der Waals surface area contributed by atoms with Gasteiger partial charge in [-0.1, -0.05) is 0 Å². The van der Waals surface area contributed by atoms with E-state index in [0.717, 1.165) is 12.8 Å². The third kappa shape index (κ3) is 2.60. The van der Waals surface area contributed by atoms with Crippen LogP contribution in [0.3, 0.4) is 0 Å². The third-order valence-corrected chi connectivity index (χ3v) is 2.27. The van der Waals surface area contributed by atoms with Crippen LogP contribution in [0.1, 0.15) is 12.8 Å². The van der Waals surface area contributed by atoms with Crippen LogP contribution in [0.25, 0.3) is 0 Å². The Hall–Kier alpha value is -0.240. The van der Waals surface area contributed by atoms with Crippen molar-refractivity contribution in [2.75, 3.05) is 6.61 Å². The van der Waals surface area contributed by atoms with Gasteiger partial charge in [0.1, 0.15) is 0 Å². The Bertz CT molecular complexity index is 158. The zero-order valence-corrected chi connectivity index (χ0v) is 7.43. The Morgan fingerprint density at radius 1 is 1.54 bits per heavy atom. The molecule has 4 atom stereocenters. The molecular weight excluding hydrogens is 174 g/mol. The molecule has 78 valence electrons. The molecule has 1 fully saturated rings. The Morgan fingerprint density at radius 2 is 2.23 bits per heavy atom. The van der Waals surface area contributed by atoms with Crippen LogP contribution in [0.15, 0.2) is 0 Å². The predicted molar refractivity (Wildman–Crippen MR) is 46.2 cm³/mol. The van der Waals surface area contributed by atoms with Crippen molar-refractivity contribution in [3.05, 3.63) is 0 Å². The van der Waals surface area contributed by atoms with E-state index in [-0.39, 0.29) is 18.8 Å². The molecule has 1 heterocycles. The zero-order chi connectivity index (χ0) is 9.84. The number of aliphatic hydroxyl groups is 1. The first kappa shape index (κ1) is 10.8. The molecule has 0 amide bonds. The largest absolute Gasteiger partial charge is 0.395 e. The highest BCUT2D eigenvalue weighted by atomic mass is 16.8. The molecule has 3 unspecified atom stereocenters. The first-order valence-corrected chi connectivity index (χ1v) is 4.32. The summed E-state index contributed by atoms with van der Waals surface area (Å²) in [6, 6.07) is -0.614. The van der Waals surface area contributed by atoms with Gasteiger partial charge < -0.3 is 21.3 Å². The standard InChI is InChI=1S/C7H17N3O3/c8-4-1-2-6(5(9)3-11)12-7(4)13-10/h4-7,11H,1-3,8-10H2/t4?,5?,6?,7-/m1/s1. The van der Waals surface area contributed by atoms with Gasteiger partial charge in [0.25, 0.3) is 0 Å². The topological polar surface area (TPSA) is 117 Å². The summed E-state index contributed by atoms with van der Waals surface area (Å²) >= 11 is 0. The summed E-state index contributed by atoms with van der Waals surface area (Å²) in [6.07, 6.45) is 0.623. The van der Waals surface area contributed by atoms with Crippen LogP contribution in [0.5, 0.6) is 0 Å². The molecule has 6 heteroatoms. The predicted octanol–water partition coefficient (Wildman–Crippen LogP) is -1.97. The second kappa shape index (κ2) is 4.85. The molecule has 0 radical (unpaired) electrons. The number of rotatable bonds is 3. The molecule has 1 aliphatic rings. The van der Waals surface area contributed by atoms with Crippen LogP contribution in [0.2, 0.25) is 0 Å². The van der Waals surface area contributed by atoms with Gasteiger partial charge in [-0.15, -0.1) is 0 Å². The van der Waals surface area contributed by atoms with E-state index in [9.17, 15) is 0 Å². The molecule has 0 aliphatic carbocycles. The Balaban J connectivity index is 2.44. The maximum atomic E-state index is 8.80. The van der Waals surface area contributed by atoms with Crippen molar-refractivity contribution < 1.29 is 14.7 Å². The lowest BCUT2D eigenvalue weighted by Crippen LogP contribution is -2.52. The second-order valence-corrected chi connectivity index (χ2v) is 3.27. The summed E-state index contributed by atoms with van der Waals surface area (Å²) in [7, 11) is 0. The van der Waals surface area contributed by atoms with E-state index in [1.807, 2.05) is 0 Å². The van der Waals surface area contributed by atoms with Gasteiger partial charge in [-0.3, -0.25) is 4.84 Å². The minimum atomic E-state index is -0.614. The van der Waals surface area contributed by atoms with Crippen molar-refractivity contribution >= 4 is 0 Å². The van der Waals surface area contributed by atoms with E-state index in [4.69, 9.17) is 27.2 Å². The molecular formula is C7H17N3O3. The van der Waals surface area contributed by atoms with Crippen molar-refractivity contribution in [3.63, 3.8) is 0 Å². The van der Waals surface area contributed by atoms with Gasteiger partial charge in [0, 0.05) is 0 Å². The van der Waals surface area contributed by atoms with E-state index >= 15 is 0 Å². The quantitative estimate of drug-likeness (QED) is 0.384. The molecule has 7 N–H and O–H groups in total. The summed E-state index contributed by atoms with van der Waals surface area (Å²) in [6.45, 7) is -0.114. The summed E-state index contributed by atoms with van der Waals surface area (Å²) in [5.74, 6) is 4.99. The molecule has 0 saturated carbocycles. The molecule has 6 nitrogen and oxygen atoms in total. The normalized spacial score (nSPS) is 37.4. The molecule has 0 aromatic heterocycles. The number of hydrogen-bond donors (Lipinski definition) is 4. The van der Waals surface area contributed by atoms with Gasteiger partial charge in [0.2, 0.25) is 0 Å². The van der Waals surface area contributed by atoms with E-state index in [1.54, 1.807) is 0 Å². The van der Waals surface area contributed by atoms with E-state index in [2.05, 4.69) is 4.84 Å². The number of aliphatic hydroxyl groups excluding tert-OH is 1. The molecule has 1 rings (SSSR count). The lowest BCUT2D eigenvalue weighted by molar-refractivity contribution is -0.210. The van der Waals surface area contributed by atoms with Crippen LogP contribution < -0.4 is 17.4 Å². The van der Waals surface area contributed by atoms with Crippen LogP contribution in [-0.4, -0.2) is 36.2 Å². The highest BCUT2D eigenvalue weighted by molar-refractivity contribution is 4.82. The zero-order valence-electron chi connectivity index (χ0n) is 7.43. The van der Waals surface area contributed by atoms with Crippen LogP contribution in [0.4, 0.5) is 0 Å². The van der Waals surface area contributed by atoms with Crippen LogP contribution in [0, 0.1) is 0 Å². The summed E-state index contributed by atoms with van der Waals surface area (Å²) in [4.78, 5) is 4.54. The maximum absolute atomic E-state index is 8.80. The molecule has 1 saturated heterocycles. The monoisotopic (exact) mass is 191 g/mol. The van der Waals surface area contributed by atoms with Crippen LogP contribution >= 0.6 is 0 Å². The van der Waals surface area contributed by atoms with Crippen molar-refractivity contribution in [1.82, 2.24) is 0 Å². The van der Waals surface area contributed by atoms with Crippen molar-refractivity contribution in [2.24, 2.45) is 17.4 Å². The lowest BCUT2D eigenvalue weighted by atomic mass is 10.00. The SMILES string of the molecule is NO[C@H]1OC(C(N)CO)CCC1N. The van der Waals surface area contributed by atoms with Gasteiger partial charge in [-0.2, -0.15) is 0 Å². The Morgan fingerprint density at radius 3 is 2.77 bits per heavy atom. The van der Waals surface area contributed by atoms with Gasteiger partial charge in [-0.25, -0.2) is 5.90 Å². The van der Waals surface area contributed by atoms with Crippen molar-refractivity contribution in [3.8, 4) is 0 Å². The van der Waals surface area contributed by atoms with E-state index in [1.165, 1.54) is 0 Å². The highest BCUT2D eigenvalue weighted by Crippen LogP contribution is 2.19. The fourth-order valence-electron chi connectivity index (χ4n) is 1.40. The van der Waals surface area contributed by atoms with Gasteiger partial charge >= 0.3 is 0 Å². The first-order valence-electron chi connectivity index (χ1n) is 4.32. The molecule has 0 aromatic carbocycles. The van der Waals surface area contributed by atoms with Gasteiger partial charge in [0.15, 0.2) is 6.29 Å². The molecule has 0 bridgehead atoms. The van der Waals surface area contributed by atoms with Crippen molar-refractivity contribution in [2.45, 2.75) is 37.3 Å². The third-order valence-electron chi connectivity index (χ3n) is 2.27. The molecule has 0 spiro atoms. The second-order valence-electron chi connectivity index (χ2n) is 3.27. The average Bonchev–Trinajstić information content (AvgIpc) is 2.17. The summed E-state index contributed by atoms with van der Waals surface area (Å²) in [5, 5.41) is 8.80.